The van der Waals surface area contributed by atoms with Crippen LogP contribution in [0.1, 0.15) is 5.69 Å². The van der Waals surface area contributed by atoms with Crippen molar-refractivity contribution in [2.45, 2.75) is 12.5 Å². The van der Waals surface area contributed by atoms with Crippen molar-refractivity contribution in [3.05, 3.63) is 29.4 Å². The van der Waals surface area contributed by atoms with Gasteiger partial charge < -0.3 is 15.0 Å². The van der Waals surface area contributed by atoms with Crippen LogP contribution in [0.15, 0.2) is 23.7 Å². The standard InChI is InChI=1S/C12H15N3OS/c1-2-11(14-3-1)12-15-9(8-17-12)6-10-7-13-4-5-16-10/h1-3,8,10,13-14H,4-7H2. The highest BCUT2D eigenvalue weighted by Crippen LogP contribution is 2.22. The van der Waals surface area contributed by atoms with Crippen LogP contribution in [0.2, 0.25) is 0 Å². The molecule has 5 heteroatoms. The molecule has 0 amide bonds. The van der Waals surface area contributed by atoms with Gasteiger partial charge in [0.2, 0.25) is 0 Å². The number of nitrogens with one attached hydrogen (secondary N) is 2. The average molecular weight is 249 g/mol. The highest BCUT2D eigenvalue weighted by atomic mass is 32.1. The minimum atomic E-state index is 0.266. The third-order valence-electron chi connectivity index (χ3n) is 2.82. The number of morpholine rings is 1. The van der Waals surface area contributed by atoms with Gasteiger partial charge in [-0.1, -0.05) is 0 Å². The summed E-state index contributed by atoms with van der Waals surface area (Å²) in [5.41, 5.74) is 2.21. The Kier molecular flexibility index (Phi) is 3.22. The Bertz CT molecular complexity index is 460. The van der Waals surface area contributed by atoms with Crippen molar-refractivity contribution in [1.82, 2.24) is 15.3 Å². The minimum absolute atomic E-state index is 0.266. The largest absolute Gasteiger partial charge is 0.375 e. The molecular weight excluding hydrogens is 234 g/mol. The van der Waals surface area contributed by atoms with Gasteiger partial charge in [-0.25, -0.2) is 4.98 Å². The second-order valence-corrected chi connectivity index (χ2v) is 4.99. The summed E-state index contributed by atoms with van der Waals surface area (Å²) in [5, 5.41) is 6.50. The van der Waals surface area contributed by atoms with E-state index in [1.165, 1.54) is 0 Å². The van der Waals surface area contributed by atoms with Crippen LogP contribution in [-0.2, 0) is 11.2 Å². The Labute approximate surface area is 104 Å². The number of ether oxygens (including phenoxy) is 1. The van der Waals surface area contributed by atoms with Crippen molar-refractivity contribution < 1.29 is 4.74 Å². The van der Waals surface area contributed by atoms with E-state index < -0.39 is 0 Å². The van der Waals surface area contributed by atoms with E-state index in [4.69, 9.17) is 4.74 Å². The molecule has 0 saturated carbocycles. The molecule has 1 aliphatic heterocycles. The van der Waals surface area contributed by atoms with Gasteiger partial charge in [-0.05, 0) is 12.1 Å². The SMILES string of the molecule is c1c[nH]c(-c2nc(CC3CNCCO3)cs2)c1. The fourth-order valence-corrected chi connectivity index (χ4v) is 2.79. The van der Waals surface area contributed by atoms with Crippen LogP contribution in [-0.4, -0.2) is 35.8 Å². The molecule has 0 radical (unpaired) electrons. The lowest BCUT2D eigenvalue weighted by Gasteiger charge is -2.22. The molecule has 2 N–H and O–H groups in total. The molecule has 1 aliphatic rings. The summed E-state index contributed by atoms with van der Waals surface area (Å²) >= 11 is 1.68. The molecule has 1 atom stereocenters. The number of thiazole rings is 1. The number of aromatic amines is 1. The van der Waals surface area contributed by atoms with Crippen LogP contribution in [0.25, 0.3) is 10.7 Å². The van der Waals surface area contributed by atoms with Gasteiger partial charge >= 0.3 is 0 Å². The van der Waals surface area contributed by atoms with Crippen LogP contribution in [0.5, 0.6) is 0 Å². The zero-order valence-electron chi connectivity index (χ0n) is 9.48. The van der Waals surface area contributed by atoms with Crippen molar-refractivity contribution >= 4 is 11.3 Å². The molecule has 90 valence electrons. The average Bonchev–Trinajstić information content (AvgIpc) is 3.00. The van der Waals surface area contributed by atoms with E-state index >= 15 is 0 Å². The summed E-state index contributed by atoms with van der Waals surface area (Å²) < 4.78 is 5.68. The summed E-state index contributed by atoms with van der Waals surface area (Å²) in [6.45, 7) is 2.69. The van der Waals surface area contributed by atoms with E-state index in [0.717, 1.165) is 42.5 Å². The van der Waals surface area contributed by atoms with Crippen molar-refractivity contribution in [1.29, 1.82) is 0 Å². The minimum Gasteiger partial charge on any atom is -0.375 e. The van der Waals surface area contributed by atoms with Crippen LogP contribution >= 0.6 is 11.3 Å². The van der Waals surface area contributed by atoms with Crippen LogP contribution in [0, 0.1) is 0 Å². The van der Waals surface area contributed by atoms with E-state index in [0.29, 0.717) is 0 Å². The summed E-state index contributed by atoms with van der Waals surface area (Å²) in [4.78, 5) is 7.80. The first-order chi connectivity index (χ1) is 8.42. The zero-order chi connectivity index (χ0) is 11.5. The maximum atomic E-state index is 5.68. The smallest absolute Gasteiger partial charge is 0.139 e. The maximum Gasteiger partial charge on any atom is 0.139 e. The first kappa shape index (κ1) is 11.0. The number of aromatic nitrogens is 2. The Balaban J connectivity index is 1.68. The molecular formula is C12H15N3OS. The quantitative estimate of drug-likeness (QED) is 0.870. The Morgan fingerprint density at radius 3 is 3.29 bits per heavy atom. The molecule has 1 unspecified atom stereocenters. The van der Waals surface area contributed by atoms with Crippen LogP contribution in [0.4, 0.5) is 0 Å². The van der Waals surface area contributed by atoms with Crippen LogP contribution < -0.4 is 5.32 Å². The number of rotatable bonds is 3. The lowest BCUT2D eigenvalue weighted by Crippen LogP contribution is -2.39. The Morgan fingerprint density at radius 2 is 2.53 bits per heavy atom. The number of H-pyrrole nitrogens is 1. The molecule has 0 aromatic carbocycles. The van der Waals surface area contributed by atoms with E-state index in [9.17, 15) is 0 Å². The Hall–Kier alpha value is -1.17. The number of hydrogen-bond acceptors (Lipinski definition) is 4. The zero-order valence-corrected chi connectivity index (χ0v) is 10.3. The molecule has 2 aromatic heterocycles. The predicted octanol–water partition coefficient (Wildman–Crippen LogP) is 1.67. The summed E-state index contributed by atoms with van der Waals surface area (Å²) in [6, 6.07) is 4.03. The van der Waals surface area contributed by atoms with Crippen molar-refractivity contribution in [3.8, 4) is 10.7 Å². The summed E-state index contributed by atoms with van der Waals surface area (Å²) in [5.74, 6) is 0. The molecule has 0 spiro atoms. The highest BCUT2D eigenvalue weighted by molar-refractivity contribution is 7.13. The molecule has 1 saturated heterocycles. The molecule has 0 aliphatic carbocycles. The van der Waals surface area contributed by atoms with Gasteiger partial charge in [-0.2, -0.15) is 0 Å². The molecule has 4 nitrogen and oxygen atoms in total. The first-order valence-corrected chi connectivity index (χ1v) is 6.70. The second kappa shape index (κ2) is 5.00. The van der Waals surface area contributed by atoms with Gasteiger partial charge in [0.1, 0.15) is 5.01 Å². The number of nitrogens with zero attached hydrogens (tertiary/aromatic N) is 1. The topological polar surface area (TPSA) is 49.9 Å². The first-order valence-electron chi connectivity index (χ1n) is 5.82. The molecule has 1 fully saturated rings. The molecule has 3 rings (SSSR count). The molecule has 3 heterocycles. The van der Waals surface area contributed by atoms with Gasteiger partial charge in [0.25, 0.3) is 0 Å². The number of hydrogen-bond donors (Lipinski definition) is 2. The summed E-state index contributed by atoms with van der Waals surface area (Å²) in [7, 11) is 0. The lowest BCUT2D eigenvalue weighted by atomic mass is 10.2. The van der Waals surface area contributed by atoms with Gasteiger partial charge in [0.15, 0.2) is 0 Å². The maximum absolute atomic E-state index is 5.68. The molecule has 17 heavy (non-hydrogen) atoms. The van der Waals surface area contributed by atoms with E-state index in [-0.39, 0.29) is 6.10 Å². The third-order valence-corrected chi connectivity index (χ3v) is 3.75. The van der Waals surface area contributed by atoms with Gasteiger partial charge in [0.05, 0.1) is 24.1 Å². The van der Waals surface area contributed by atoms with Crippen molar-refractivity contribution in [2.75, 3.05) is 19.7 Å². The van der Waals surface area contributed by atoms with Gasteiger partial charge in [0, 0.05) is 31.1 Å². The third kappa shape index (κ3) is 2.57. The molecule has 0 bridgehead atoms. The Morgan fingerprint density at radius 1 is 1.53 bits per heavy atom. The second-order valence-electron chi connectivity index (χ2n) is 4.13. The fourth-order valence-electron chi connectivity index (χ4n) is 1.97. The summed E-state index contributed by atoms with van der Waals surface area (Å²) in [6.07, 6.45) is 3.08. The fraction of sp³-hybridized carbons (Fsp3) is 0.417. The van der Waals surface area contributed by atoms with E-state index in [1.54, 1.807) is 11.3 Å². The van der Waals surface area contributed by atoms with Gasteiger partial charge in [-0.15, -0.1) is 11.3 Å². The normalized spacial score (nSPS) is 20.6. The van der Waals surface area contributed by atoms with Gasteiger partial charge in [-0.3, -0.25) is 0 Å². The lowest BCUT2D eigenvalue weighted by molar-refractivity contribution is 0.0287. The monoisotopic (exact) mass is 249 g/mol. The van der Waals surface area contributed by atoms with Crippen LogP contribution in [0.3, 0.4) is 0 Å². The van der Waals surface area contributed by atoms with E-state index in [1.807, 2.05) is 18.3 Å². The highest BCUT2D eigenvalue weighted by Gasteiger charge is 2.15. The van der Waals surface area contributed by atoms with Crippen molar-refractivity contribution in [2.24, 2.45) is 0 Å². The molecule has 2 aromatic rings. The predicted molar refractivity (Wildman–Crippen MR) is 68.2 cm³/mol. The van der Waals surface area contributed by atoms with Crippen molar-refractivity contribution in [3.63, 3.8) is 0 Å². The van der Waals surface area contributed by atoms with E-state index in [2.05, 4.69) is 20.7 Å².